The SMILES string of the molecule is O=C(NCc1nnc2c3ccccc3c(-c3ccccc3)nn12)NC1CCCCC1. The molecule has 0 radical (unpaired) electrons. The summed E-state index contributed by atoms with van der Waals surface area (Å²) in [4.78, 5) is 12.3. The van der Waals surface area contributed by atoms with E-state index in [0.29, 0.717) is 11.5 Å². The summed E-state index contributed by atoms with van der Waals surface area (Å²) >= 11 is 0. The van der Waals surface area contributed by atoms with Gasteiger partial charge in [-0.2, -0.15) is 9.61 Å². The molecule has 0 aliphatic heterocycles. The fourth-order valence-electron chi connectivity index (χ4n) is 4.19. The Balaban J connectivity index is 1.45. The summed E-state index contributed by atoms with van der Waals surface area (Å²) in [7, 11) is 0. The maximum absolute atomic E-state index is 12.3. The molecule has 0 bridgehead atoms. The summed E-state index contributed by atoms with van der Waals surface area (Å²) in [6.45, 7) is 0.263. The van der Waals surface area contributed by atoms with Gasteiger partial charge in [-0.25, -0.2) is 4.79 Å². The first-order valence-electron chi connectivity index (χ1n) is 10.5. The average molecular weight is 400 g/mol. The van der Waals surface area contributed by atoms with Crippen molar-refractivity contribution in [3.05, 3.63) is 60.4 Å². The Hall–Kier alpha value is -3.48. The minimum atomic E-state index is -0.164. The number of benzene rings is 2. The van der Waals surface area contributed by atoms with Crippen LogP contribution >= 0.6 is 0 Å². The number of nitrogens with zero attached hydrogens (tertiary/aromatic N) is 4. The predicted molar refractivity (Wildman–Crippen MR) is 116 cm³/mol. The second kappa shape index (κ2) is 8.10. The van der Waals surface area contributed by atoms with Crippen molar-refractivity contribution in [2.75, 3.05) is 0 Å². The zero-order chi connectivity index (χ0) is 20.3. The van der Waals surface area contributed by atoms with Crippen LogP contribution in [-0.2, 0) is 6.54 Å². The highest BCUT2D eigenvalue weighted by Gasteiger charge is 2.18. The van der Waals surface area contributed by atoms with E-state index in [2.05, 4.69) is 26.9 Å². The zero-order valence-electron chi connectivity index (χ0n) is 16.7. The molecule has 4 aromatic rings. The summed E-state index contributed by atoms with van der Waals surface area (Å²) in [6, 6.07) is 18.2. The first-order chi connectivity index (χ1) is 14.8. The monoisotopic (exact) mass is 400 g/mol. The van der Waals surface area contributed by atoms with Gasteiger partial charge >= 0.3 is 6.03 Å². The third kappa shape index (κ3) is 3.58. The molecule has 1 aliphatic rings. The first-order valence-corrected chi connectivity index (χ1v) is 10.5. The Bertz CT molecular complexity index is 1180. The van der Waals surface area contributed by atoms with Crippen LogP contribution in [0.1, 0.15) is 37.9 Å². The lowest BCUT2D eigenvalue weighted by Gasteiger charge is -2.22. The Morgan fingerprint density at radius 3 is 2.47 bits per heavy atom. The van der Waals surface area contributed by atoms with Gasteiger partial charge in [0.05, 0.1) is 12.2 Å². The number of fused-ring (bicyclic) bond motifs is 3. The summed E-state index contributed by atoms with van der Waals surface area (Å²) in [5.41, 5.74) is 2.58. The van der Waals surface area contributed by atoms with Crippen molar-refractivity contribution in [1.82, 2.24) is 30.4 Å². The number of aromatic nitrogens is 4. The molecule has 0 atom stereocenters. The van der Waals surface area contributed by atoms with E-state index in [1.165, 1.54) is 19.3 Å². The van der Waals surface area contributed by atoms with Gasteiger partial charge in [0.1, 0.15) is 0 Å². The maximum atomic E-state index is 12.3. The third-order valence-electron chi connectivity index (χ3n) is 5.72. The van der Waals surface area contributed by atoms with Crippen LogP contribution in [0.25, 0.3) is 27.7 Å². The van der Waals surface area contributed by atoms with Crippen LogP contribution < -0.4 is 10.6 Å². The molecular formula is C23H24N6O. The number of hydrogen-bond donors (Lipinski definition) is 2. The van der Waals surface area contributed by atoms with Gasteiger partial charge in [-0.1, -0.05) is 73.9 Å². The lowest BCUT2D eigenvalue weighted by molar-refractivity contribution is 0.232. The molecule has 0 saturated heterocycles. The highest BCUT2D eigenvalue weighted by molar-refractivity contribution is 6.01. The molecule has 2 aromatic carbocycles. The number of amides is 2. The minimum Gasteiger partial charge on any atom is -0.335 e. The molecule has 1 aliphatic carbocycles. The number of carbonyl (C=O) groups is 1. The molecule has 2 aromatic heterocycles. The van der Waals surface area contributed by atoms with Crippen molar-refractivity contribution in [2.45, 2.75) is 44.7 Å². The average Bonchev–Trinajstić information content (AvgIpc) is 3.21. The Morgan fingerprint density at radius 2 is 1.67 bits per heavy atom. The van der Waals surface area contributed by atoms with Gasteiger partial charge in [-0.3, -0.25) is 0 Å². The maximum Gasteiger partial charge on any atom is 0.315 e. The van der Waals surface area contributed by atoms with E-state index in [4.69, 9.17) is 5.10 Å². The number of urea groups is 1. The lowest BCUT2D eigenvalue weighted by atomic mass is 9.96. The fourth-order valence-corrected chi connectivity index (χ4v) is 4.19. The second-order valence-corrected chi connectivity index (χ2v) is 7.77. The molecule has 5 rings (SSSR count). The van der Waals surface area contributed by atoms with E-state index in [9.17, 15) is 4.79 Å². The van der Waals surface area contributed by atoms with Gasteiger partial charge in [0.15, 0.2) is 11.5 Å². The van der Waals surface area contributed by atoms with E-state index in [0.717, 1.165) is 34.9 Å². The number of rotatable bonds is 4. The Morgan fingerprint density at radius 1 is 0.933 bits per heavy atom. The molecule has 2 amide bonds. The van der Waals surface area contributed by atoms with Gasteiger partial charge in [0.25, 0.3) is 0 Å². The smallest absolute Gasteiger partial charge is 0.315 e. The zero-order valence-corrected chi connectivity index (χ0v) is 16.7. The largest absolute Gasteiger partial charge is 0.335 e. The Kier molecular flexibility index (Phi) is 5.01. The topological polar surface area (TPSA) is 84.2 Å². The van der Waals surface area contributed by atoms with Gasteiger partial charge in [-0.05, 0) is 12.8 Å². The van der Waals surface area contributed by atoms with E-state index in [1.54, 1.807) is 4.52 Å². The molecule has 7 heteroatoms. The third-order valence-corrected chi connectivity index (χ3v) is 5.72. The predicted octanol–water partition coefficient (Wildman–Crippen LogP) is 4.08. The van der Waals surface area contributed by atoms with Gasteiger partial charge in [0.2, 0.25) is 0 Å². The molecule has 152 valence electrons. The summed E-state index contributed by atoms with van der Waals surface area (Å²) in [5, 5.41) is 21.5. The van der Waals surface area contributed by atoms with Crippen LogP contribution in [0.15, 0.2) is 54.6 Å². The highest BCUT2D eigenvalue weighted by Crippen LogP contribution is 2.28. The molecule has 0 unspecified atom stereocenters. The first kappa shape index (κ1) is 18.5. The van der Waals surface area contributed by atoms with Gasteiger partial charge < -0.3 is 10.6 Å². The number of nitrogens with one attached hydrogen (secondary N) is 2. The van der Waals surface area contributed by atoms with E-state index >= 15 is 0 Å². The van der Waals surface area contributed by atoms with Gasteiger partial charge in [0, 0.05) is 22.4 Å². The molecule has 1 fully saturated rings. The fraction of sp³-hybridized carbons (Fsp3) is 0.304. The minimum absolute atomic E-state index is 0.164. The quantitative estimate of drug-likeness (QED) is 0.541. The molecule has 1 saturated carbocycles. The van der Waals surface area contributed by atoms with Crippen molar-refractivity contribution < 1.29 is 4.79 Å². The van der Waals surface area contributed by atoms with Crippen LogP contribution in [0.2, 0.25) is 0 Å². The van der Waals surface area contributed by atoms with Crippen molar-refractivity contribution in [3.8, 4) is 11.3 Å². The Labute approximate surface area is 174 Å². The normalized spacial score (nSPS) is 14.8. The van der Waals surface area contributed by atoms with Gasteiger partial charge in [-0.15, -0.1) is 10.2 Å². The van der Waals surface area contributed by atoms with E-state index in [-0.39, 0.29) is 18.6 Å². The number of hydrogen-bond acceptors (Lipinski definition) is 4. The summed E-state index contributed by atoms with van der Waals surface area (Å²) < 4.78 is 1.74. The molecular weight excluding hydrogens is 376 g/mol. The van der Waals surface area contributed by atoms with Crippen molar-refractivity contribution in [3.63, 3.8) is 0 Å². The summed E-state index contributed by atoms with van der Waals surface area (Å²) in [5.74, 6) is 0.603. The van der Waals surface area contributed by atoms with Crippen molar-refractivity contribution in [1.29, 1.82) is 0 Å². The standard InChI is InChI=1S/C23H24N6O/c30-23(25-17-11-5-2-6-12-17)24-15-20-26-27-22-19-14-8-7-13-18(19)21(28-29(20)22)16-9-3-1-4-10-16/h1,3-4,7-10,13-14,17H,2,5-6,11-12,15H2,(H2,24,25,30). The molecule has 30 heavy (non-hydrogen) atoms. The lowest BCUT2D eigenvalue weighted by Crippen LogP contribution is -2.42. The van der Waals surface area contributed by atoms with Crippen molar-refractivity contribution in [2.24, 2.45) is 0 Å². The van der Waals surface area contributed by atoms with Crippen molar-refractivity contribution >= 4 is 22.5 Å². The molecule has 2 heterocycles. The second-order valence-electron chi connectivity index (χ2n) is 7.77. The van der Waals surface area contributed by atoms with Crippen LogP contribution in [-0.4, -0.2) is 31.9 Å². The number of carbonyl (C=O) groups excluding carboxylic acids is 1. The van der Waals surface area contributed by atoms with Crippen LogP contribution in [0.3, 0.4) is 0 Å². The molecule has 0 spiro atoms. The van der Waals surface area contributed by atoms with E-state index in [1.807, 2.05) is 48.5 Å². The molecule has 2 N–H and O–H groups in total. The van der Waals surface area contributed by atoms with Crippen LogP contribution in [0.5, 0.6) is 0 Å². The molecule has 7 nitrogen and oxygen atoms in total. The summed E-state index contributed by atoms with van der Waals surface area (Å²) in [6.07, 6.45) is 5.72. The highest BCUT2D eigenvalue weighted by atomic mass is 16.2. The van der Waals surface area contributed by atoms with Crippen LogP contribution in [0, 0.1) is 0 Å². The van der Waals surface area contributed by atoms with E-state index < -0.39 is 0 Å². The van der Waals surface area contributed by atoms with Crippen LogP contribution in [0.4, 0.5) is 4.79 Å².